The van der Waals surface area contributed by atoms with Crippen LogP contribution in [0.25, 0.3) is 0 Å². The molecule has 0 radical (unpaired) electrons. The van der Waals surface area contributed by atoms with Crippen LogP contribution in [0.1, 0.15) is 25.8 Å². The average molecular weight is 315 g/mol. The van der Waals surface area contributed by atoms with Gasteiger partial charge in [0.2, 0.25) is 0 Å². The lowest BCUT2D eigenvalue weighted by atomic mass is 10.2. The summed E-state index contributed by atoms with van der Waals surface area (Å²) in [5.41, 5.74) is 6.02. The number of halogens is 1. The first-order valence-electron chi connectivity index (χ1n) is 7.32. The van der Waals surface area contributed by atoms with Crippen LogP contribution < -0.4 is 10.5 Å². The predicted molar refractivity (Wildman–Crippen MR) is 93.4 cm³/mol. The second-order valence-corrected chi connectivity index (χ2v) is 4.67. The molecule has 1 aromatic rings. The quantitative estimate of drug-likeness (QED) is 0.524. The maximum absolute atomic E-state index is 13.6. The first kappa shape index (κ1) is 18.3. The van der Waals surface area contributed by atoms with Gasteiger partial charge >= 0.3 is 0 Å². The van der Waals surface area contributed by atoms with Crippen LogP contribution in [0.3, 0.4) is 0 Å². The maximum atomic E-state index is 13.6. The van der Waals surface area contributed by atoms with Crippen molar-refractivity contribution in [3.63, 3.8) is 0 Å². The molecule has 0 aromatic heterocycles. The number of anilines is 1. The van der Waals surface area contributed by atoms with Gasteiger partial charge in [-0.3, -0.25) is 5.01 Å². The Kier molecular flexibility index (Phi) is 7.41. The number of benzene rings is 1. The van der Waals surface area contributed by atoms with Gasteiger partial charge in [-0.25, -0.2) is 4.39 Å². The second-order valence-electron chi connectivity index (χ2n) is 4.67. The number of terminal acetylenes is 1. The SMILES string of the molecule is C#CCC.C/C=N\N1C=CC(Oc2ccc(N)c(F)c2C)=CC1. The largest absolute Gasteiger partial charge is 0.457 e. The van der Waals surface area contributed by atoms with E-state index in [1.807, 2.05) is 19.9 Å². The van der Waals surface area contributed by atoms with Crippen LogP contribution in [-0.2, 0) is 0 Å². The van der Waals surface area contributed by atoms with Gasteiger partial charge in [0.15, 0.2) is 5.82 Å². The molecule has 0 atom stereocenters. The number of hydrogen-bond donors (Lipinski definition) is 1. The fraction of sp³-hybridized carbons (Fsp3) is 0.278. The summed E-state index contributed by atoms with van der Waals surface area (Å²) >= 11 is 0. The lowest BCUT2D eigenvalue weighted by Crippen LogP contribution is -2.15. The fourth-order valence-corrected chi connectivity index (χ4v) is 1.71. The van der Waals surface area contributed by atoms with E-state index < -0.39 is 5.82 Å². The Labute approximate surface area is 137 Å². The number of allylic oxidation sites excluding steroid dienone is 1. The molecule has 4 nitrogen and oxygen atoms in total. The summed E-state index contributed by atoms with van der Waals surface area (Å²) in [6, 6.07) is 3.16. The minimum absolute atomic E-state index is 0.126. The van der Waals surface area contributed by atoms with E-state index >= 15 is 0 Å². The highest BCUT2D eigenvalue weighted by atomic mass is 19.1. The van der Waals surface area contributed by atoms with E-state index in [1.54, 1.807) is 36.5 Å². The maximum Gasteiger partial charge on any atom is 0.152 e. The van der Waals surface area contributed by atoms with Gasteiger partial charge in [-0.2, -0.15) is 5.10 Å². The molecule has 1 heterocycles. The monoisotopic (exact) mass is 315 g/mol. The van der Waals surface area contributed by atoms with Crippen molar-refractivity contribution in [3.05, 3.63) is 47.6 Å². The standard InChI is InChI=1S/C14H16FN3O.C4H6/c1-3-17-18-8-6-11(7-9-18)19-13-5-4-12(16)14(15)10(13)2;1-3-4-2/h3-8H,9,16H2,1-2H3;1H,4H2,2H3/b17-3-;. The number of nitrogens with zero attached hydrogens (tertiary/aromatic N) is 2. The third-order valence-electron chi connectivity index (χ3n) is 2.95. The van der Waals surface area contributed by atoms with Crippen molar-refractivity contribution in [3.8, 4) is 18.1 Å². The summed E-state index contributed by atoms with van der Waals surface area (Å²) in [4.78, 5) is 0. The molecule has 0 aliphatic carbocycles. The zero-order valence-corrected chi connectivity index (χ0v) is 13.7. The molecule has 0 saturated heterocycles. The van der Waals surface area contributed by atoms with Crippen LogP contribution >= 0.6 is 0 Å². The first-order chi connectivity index (χ1) is 11.0. The molecule has 0 fully saturated rings. The highest BCUT2D eigenvalue weighted by Crippen LogP contribution is 2.27. The Morgan fingerprint density at radius 3 is 2.74 bits per heavy atom. The Morgan fingerprint density at radius 2 is 2.22 bits per heavy atom. The van der Waals surface area contributed by atoms with Gasteiger partial charge in [-0.15, -0.1) is 12.3 Å². The van der Waals surface area contributed by atoms with E-state index in [2.05, 4.69) is 11.0 Å². The topological polar surface area (TPSA) is 50.8 Å². The average Bonchev–Trinajstić information content (AvgIpc) is 2.57. The first-order valence-corrected chi connectivity index (χ1v) is 7.32. The van der Waals surface area contributed by atoms with Crippen LogP contribution in [-0.4, -0.2) is 17.8 Å². The smallest absolute Gasteiger partial charge is 0.152 e. The minimum Gasteiger partial charge on any atom is -0.457 e. The number of hydrogen-bond acceptors (Lipinski definition) is 4. The number of hydrazone groups is 1. The molecule has 2 N–H and O–H groups in total. The molecule has 0 unspecified atom stereocenters. The molecular formula is C18H22FN3O. The Balaban J connectivity index is 0.000000593. The van der Waals surface area contributed by atoms with Crippen molar-refractivity contribution in [1.29, 1.82) is 0 Å². The summed E-state index contributed by atoms with van der Waals surface area (Å²) < 4.78 is 19.3. The van der Waals surface area contributed by atoms with Crippen LogP contribution in [0, 0.1) is 25.1 Å². The third kappa shape index (κ3) is 5.51. The molecule has 0 amide bonds. The summed E-state index contributed by atoms with van der Waals surface area (Å²) in [5, 5.41) is 5.88. The molecule has 0 spiro atoms. The molecule has 2 rings (SSSR count). The van der Waals surface area contributed by atoms with Crippen molar-refractivity contribution >= 4 is 11.9 Å². The van der Waals surface area contributed by atoms with Crippen molar-refractivity contribution < 1.29 is 9.13 Å². The van der Waals surface area contributed by atoms with Crippen molar-refractivity contribution in [2.45, 2.75) is 27.2 Å². The van der Waals surface area contributed by atoms with Gasteiger partial charge in [0.1, 0.15) is 11.5 Å². The summed E-state index contributed by atoms with van der Waals surface area (Å²) in [7, 11) is 0. The van der Waals surface area contributed by atoms with Gasteiger partial charge in [0.25, 0.3) is 0 Å². The van der Waals surface area contributed by atoms with E-state index in [4.69, 9.17) is 16.9 Å². The normalized spacial score (nSPS) is 13.2. The van der Waals surface area contributed by atoms with Gasteiger partial charge in [-0.05, 0) is 38.1 Å². The van der Waals surface area contributed by atoms with Crippen molar-refractivity contribution in [2.24, 2.45) is 5.10 Å². The summed E-state index contributed by atoms with van der Waals surface area (Å²) in [6.45, 7) is 6.05. The fourth-order valence-electron chi connectivity index (χ4n) is 1.71. The van der Waals surface area contributed by atoms with Gasteiger partial charge in [0.05, 0.1) is 12.2 Å². The highest BCUT2D eigenvalue weighted by Gasteiger charge is 2.11. The van der Waals surface area contributed by atoms with Crippen LogP contribution in [0.5, 0.6) is 5.75 Å². The molecule has 23 heavy (non-hydrogen) atoms. The molecule has 1 aromatic carbocycles. The molecule has 0 bridgehead atoms. The Bertz CT molecular complexity index is 657. The van der Waals surface area contributed by atoms with E-state index in [1.165, 1.54) is 6.07 Å². The van der Waals surface area contributed by atoms with Crippen LogP contribution in [0.15, 0.2) is 41.3 Å². The van der Waals surface area contributed by atoms with E-state index in [9.17, 15) is 4.39 Å². The van der Waals surface area contributed by atoms with Gasteiger partial charge in [-0.1, -0.05) is 6.92 Å². The zero-order valence-electron chi connectivity index (χ0n) is 13.7. The zero-order chi connectivity index (χ0) is 17.2. The summed E-state index contributed by atoms with van der Waals surface area (Å²) in [5.74, 6) is 3.12. The van der Waals surface area contributed by atoms with Gasteiger partial charge in [0, 0.05) is 24.4 Å². The second kappa shape index (κ2) is 9.31. The lowest BCUT2D eigenvalue weighted by Gasteiger charge is -2.18. The molecule has 0 saturated carbocycles. The molecule has 5 heteroatoms. The number of nitrogens with two attached hydrogens (primary N) is 1. The predicted octanol–water partition coefficient (Wildman–Crippen LogP) is 3.84. The molecule has 1 aliphatic rings. The highest BCUT2D eigenvalue weighted by molar-refractivity contribution is 5.53. The summed E-state index contributed by atoms with van der Waals surface area (Å²) in [6.07, 6.45) is 12.8. The number of ether oxygens (including phenoxy) is 1. The van der Waals surface area contributed by atoms with Crippen LogP contribution in [0.2, 0.25) is 0 Å². The van der Waals surface area contributed by atoms with Crippen molar-refractivity contribution in [1.82, 2.24) is 5.01 Å². The number of nitrogen functional groups attached to an aromatic ring is 1. The lowest BCUT2D eigenvalue weighted by molar-refractivity contribution is 0.392. The molecule has 122 valence electrons. The van der Waals surface area contributed by atoms with E-state index in [0.29, 0.717) is 23.6 Å². The third-order valence-corrected chi connectivity index (χ3v) is 2.95. The molecule has 1 aliphatic heterocycles. The number of rotatable bonds is 3. The van der Waals surface area contributed by atoms with E-state index in [-0.39, 0.29) is 5.69 Å². The Hall–Kier alpha value is -2.74. The van der Waals surface area contributed by atoms with E-state index in [0.717, 1.165) is 6.42 Å². The molecular weight excluding hydrogens is 293 g/mol. The Morgan fingerprint density at radius 1 is 1.52 bits per heavy atom. The van der Waals surface area contributed by atoms with Crippen molar-refractivity contribution in [2.75, 3.05) is 12.3 Å². The van der Waals surface area contributed by atoms with Crippen LogP contribution in [0.4, 0.5) is 10.1 Å². The van der Waals surface area contributed by atoms with Gasteiger partial charge < -0.3 is 10.5 Å². The minimum atomic E-state index is -0.435.